The molecule has 0 spiro atoms. The summed E-state index contributed by atoms with van der Waals surface area (Å²) >= 11 is 1.62. The number of hydrogen-bond donors (Lipinski definition) is 1. The van der Waals surface area contributed by atoms with E-state index in [9.17, 15) is 4.79 Å². The topological polar surface area (TPSA) is 43.1 Å². The van der Waals surface area contributed by atoms with Crippen molar-refractivity contribution < 1.29 is 4.79 Å². The van der Waals surface area contributed by atoms with Crippen molar-refractivity contribution in [3.05, 3.63) is 11.6 Å². The molecule has 0 bridgehead atoms. The van der Waals surface area contributed by atoms with E-state index in [0.29, 0.717) is 5.75 Å². The van der Waals surface area contributed by atoms with Crippen molar-refractivity contribution in [1.29, 1.82) is 0 Å². The Morgan fingerprint density at radius 1 is 1.73 bits per heavy atom. The maximum atomic E-state index is 10.4. The number of amides is 1. The zero-order chi connectivity index (χ0) is 8.10. The fourth-order valence-corrected chi connectivity index (χ4v) is 1.98. The lowest BCUT2D eigenvalue weighted by atomic mass is 10.3. The predicted molar refractivity (Wildman–Crippen MR) is 48.5 cm³/mol. The highest BCUT2D eigenvalue weighted by molar-refractivity contribution is 8.00. The Balaban J connectivity index is 2.07. The van der Waals surface area contributed by atoms with Crippen LogP contribution >= 0.6 is 11.8 Å². The van der Waals surface area contributed by atoms with E-state index in [1.807, 2.05) is 0 Å². The molecule has 0 aromatic carbocycles. The minimum Gasteiger partial charge on any atom is -0.369 e. The van der Waals surface area contributed by atoms with Gasteiger partial charge >= 0.3 is 0 Å². The van der Waals surface area contributed by atoms with Crippen molar-refractivity contribution in [2.24, 2.45) is 5.73 Å². The van der Waals surface area contributed by atoms with Crippen LogP contribution in [0.5, 0.6) is 0 Å². The van der Waals surface area contributed by atoms with Crippen molar-refractivity contribution in [1.82, 2.24) is 0 Å². The van der Waals surface area contributed by atoms with Crippen LogP contribution in [0.25, 0.3) is 0 Å². The van der Waals surface area contributed by atoms with Gasteiger partial charge in [-0.15, -0.1) is 11.8 Å². The number of primary amides is 1. The van der Waals surface area contributed by atoms with Gasteiger partial charge < -0.3 is 5.73 Å². The third kappa shape index (κ3) is 3.46. The Morgan fingerprint density at radius 2 is 2.55 bits per heavy atom. The zero-order valence-electron chi connectivity index (χ0n) is 6.51. The number of carbonyl (C=O) groups excluding carboxylic acids is 1. The minimum atomic E-state index is -0.214. The summed E-state index contributed by atoms with van der Waals surface area (Å²) in [4.78, 5) is 10.4. The highest BCUT2D eigenvalue weighted by Crippen LogP contribution is 2.21. The molecule has 2 nitrogen and oxygen atoms in total. The number of nitrogens with two attached hydrogens (primary N) is 1. The van der Waals surface area contributed by atoms with E-state index >= 15 is 0 Å². The molecule has 0 fully saturated rings. The van der Waals surface area contributed by atoms with E-state index in [-0.39, 0.29) is 5.91 Å². The molecule has 2 N–H and O–H groups in total. The molecule has 11 heavy (non-hydrogen) atoms. The molecular formula is C8H13NOS. The molecule has 0 aromatic heterocycles. The molecule has 0 aliphatic heterocycles. The second-order valence-electron chi connectivity index (χ2n) is 2.71. The van der Waals surface area contributed by atoms with Crippen LogP contribution < -0.4 is 5.73 Å². The fraction of sp³-hybridized carbons (Fsp3) is 0.625. The lowest BCUT2D eigenvalue weighted by Crippen LogP contribution is -2.13. The molecule has 0 saturated heterocycles. The standard InChI is InChI=1S/C8H13NOS/c9-8(10)6-11-5-7-3-1-2-4-7/h3H,1-2,4-6H2,(H2,9,10). The summed E-state index contributed by atoms with van der Waals surface area (Å²) in [5, 5.41) is 0. The van der Waals surface area contributed by atoms with E-state index in [4.69, 9.17) is 5.73 Å². The van der Waals surface area contributed by atoms with Crippen LogP contribution in [0, 0.1) is 0 Å². The van der Waals surface area contributed by atoms with Crippen molar-refractivity contribution in [2.75, 3.05) is 11.5 Å². The van der Waals surface area contributed by atoms with Crippen LogP contribution in [0.4, 0.5) is 0 Å². The van der Waals surface area contributed by atoms with E-state index < -0.39 is 0 Å². The van der Waals surface area contributed by atoms with E-state index in [0.717, 1.165) is 5.75 Å². The van der Waals surface area contributed by atoms with Crippen LogP contribution in [0.1, 0.15) is 19.3 Å². The van der Waals surface area contributed by atoms with Crippen LogP contribution in [0.3, 0.4) is 0 Å². The van der Waals surface area contributed by atoms with Gasteiger partial charge in [-0.1, -0.05) is 11.6 Å². The van der Waals surface area contributed by atoms with Gasteiger partial charge in [0.1, 0.15) is 0 Å². The molecule has 0 saturated carbocycles. The van der Waals surface area contributed by atoms with E-state index in [1.54, 1.807) is 11.8 Å². The Kier molecular flexibility index (Phi) is 3.49. The molecule has 1 amide bonds. The molecule has 0 heterocycles. The van der Waals surface area contributed by atoms with Gasteiger partial charge in [0.25, 0.3) is 0 Å². The maximum absolute atomic E-state index is 10.4. The Hall–Kier alpha value is -0.440. The van der Waals surface area contributed by atoms with Crippen molar-refractivity contribution in [2.45, 2.75) is 19.3 Å². The lowest BCUT2D eigenvalue weighted by Gasteiger charge is -1.98. The summed E-state index contributed by atoms with van der Waals surface area (Å²) < 4.78 is 0. The van der Waals surface area contributed by atoms with E-state index in [2.05, 4.69) is 6.08 Å². The molecule has 3 heteroatoms. The Bertz CT molecular complexity index is 177. The number of carbonyl (C=O) groups is 1. The molecule has 0 radical (unpaired) electrons. The number of thioether (sulfide) groups is 1. The van der Waals surface area contributed by atoms with Gasteiger partial charge in [0.15, 0.2) is 0 Å². The molecular weight excluding hydrogens is 158 g/mol. The third-order valence-electron chi connectivity index (χ3n) is 1.67. The molecule has 0 unspecified atom stereocenters. The lowest BCUT2D eigenvalue weighted by molar-refractivity contribution is -0.115. The minimum absolute atomic E-state index is 0.214. The predicted octanol–water partition coefficient (Wildman–Crippen LogP) is 1.32. The summed E-state index contributed by atoms with van der Waals surface area (Å²) in [5.41, 5.74) is 6.48. The van der Waals surface area contributed by atoms with Gasteiger partial charge in [-0.2, -0.15) is 0 Å². The molecule has 1 rings (SSSR count). The average molecular weight is 171 g/mol. The normalized spacial score (nSPS) is 16.5. The van der Waals surface area contributed by atoms with Crippen LogP contribution in [-0.4, -0.2) is 17.4 Å². The SMILES string of the molecule is NC(=O)CSCC1=CCCC1. The first kappa shape index (κ1) is 8.65. The first-order chi connectivity index (χ1) is 5.29. The maximum Gasteiger partial charge on any atom is 0.227 e. The van der Waals surface area contributed by atoms with Gasteiger partial charge in [0, 0.05) is 5.75 Å². The number of allylic oxidation sites excluding steroid dienone is 1. The Labute approximate surface area is 71.2 Å². The van der Waals surface area contributed by atoms with Crippen molar-refractivity contribution in [3.8, 4) is 0 Å². The number of rotatable bonds is 4. The molecule has 1 aliphatic carbocycles. The summed E-state index contributed by atoms with van der Waals surface area (Å²) in [6.45, 7) is 0. The van der Waals surface area contributed by atoms with Crippen LogP contribution in [0.15, 0.2) is 11.6 Å². The summed E-state index contributed by atoms with van der Waals surface area (Å²) in [7, 11) is 0. The molecule has 0 aromatic rings. The largest absolute Gasteiger partial charge is 0.369 e. The van der Waals surface area contributed by atoms with Crippen molar-refractivity contribution in [3.63, 3.8) is 0 Å². The second kappa shape index (κ2) is 4.44. The highest BCUT2D eigenvalue weighted by Gasteiger charge is 2.04. The highest BCUT2D eigenvalue weighted by atomic mass is 32.2. The van der Waals surface area contributed by atoms with Gasteiger partial charge in [-0.05, 0) is 19.3 Å². The first-order valence-corrected chi connectivity index (χ1v) is 4.98. The van der Waals surface area contributed by atoms with Crippen molar-refractivity contribution >= 4 is 17.7 Å². The molecule has 0 atom stereocenters. The fourth-order valence-electron chi connectivity index (χ4n) is 1.15. The van der Waals surface area contributed by atoms with Crippen LogP contribution in [-0.2, 0) is 4.79 Å². The van der Waals surface area contributed by atoms with Gasteiger partial charge in [-0.25, -0.2) is 0 Å². The molecule has 1 aliphatic rings. The summed E-state index contributed by atoms with van der Waals surface area (Å²) in [6, 6.07) is 0. The number of hydrogen-bond acceptors (Lipinski definition) is 2. The average Bonchev–Trinajstić information content (AvgIpc) is 2.39. The van der Waals surface area contributed by atoms with Gasteiger partial charge in [-0.3, -0.25) is 4.79 Å². The second-order valence-corrected chi connectivity index (χ2v) is 3.70. The Morgan fingerprint density at radius 3 is 3.09 bits per heavy atom. The van der Waals surface area contributed by atoms with Crippen LogP contribution in [0.2, 0.25) is 0 Å². The van der Waals surface area contributed by atoms with E-state index in [1.165, 1.54) is 24.8 Å². The first-order valence-electron chi connectivity index (χ1n) is 3.83. The third-order valence-corrected chi connectivity index (χ3v) is 2.73. The molecule has 62 valence electrons. The quantitative estimate of drug-likeness (QED) is 0.648. The zero-order valence-corrected chi connectivity index (χ0v) is 7.32. The summed E-state index contributed by atoms with van der Waals surface area (Å²) in [6.07, 6.45) is 5.98. The summed E-state index contributed by atoms with van der Waals surface area (Å²) in [5.74, 6) is 1.23. The van der Waals surface area contributed by atoms with Gasteiger partial charge in [0.05, 0.1) is 5.75 Å². The van der Waals surface area contributed by atoms with Gasteiger partial charge in [0.2, 0.25) is 5.91 Å². The smallest absolute Gasteiger partial charge is 0.227 e. The monoisotopic (exact) mass is 171 g/mol.